The lowest BCUT2D eigenvalue weighted by atomic mass is 10.2. The zero-order valence-corrected chi connectivity index (χ0v) is 12.3. The van der Waals surface area contributed by atoms with Gasteiger partial charge in [-0.15, -0.1) is 0 Å². The molecular formula is C14H14ClF2N3O. The Balaban J connectivity index is 2.01. The van der Waals surface area contributed by atoms with Gasteiger partial charge in [0.1, 0.15) is 0 Å². The molecular weight excluding hydrogens is 300 g/mol. The Morgan fingerprint density at radius 2 is 2.14 bits per heavy atom. The van der Waals surface area contributed by atoms with E-state index in [0.717, 1.165) is 17.3 Å². The van der Waals surface area contributed by atoms with E-state index < -0.39 is 11.6 Å². The lowest BCUT2D eigenvalue weighted by Gasteiger charge is -2.09. The van der Waals surface area contributed by atoms with Gasteiger partial charge in [-0.3, -0.25) is 9.48 Å². The molecule has 21 heavy (non-hydrogen) atoms. The molecule has 1 aromatic heterocycles. The summed E-state index contributed by atoms with van der Waals surface area (Å²) in [7, 11) is 1.75. The zero-order chi connectivity index (χ0) is 15.6. The molecule has 1 aromatic carbocycles. The van der Waals surface area contributed by atoms with E-state index in [1.807, 2.05) is 6.92 Å². The Bertz CT molecular complexity index is 666. The van der Waals surface area contributed by atoms with Crippen LogP contribution in [-0.2, 0) is 24.8 Å². The van der Waals surface area contributed by atoms with Crippen molar-refractivity contribution >= 4 is 17.5 Å². The van der Waals surface area contributed by atoms with Crippen LogP contribution in [0.15, 0.2) is 18.3 Å². The summed E-state index contributed by atoms with van der Waals surface area (Å²) in [5.41, 5.74) is 2.04. The molecule has 0 unspecified atom stereocenters. The van der Waals surface area contributed by atoms with Gasteiger partial charge >= 0.3 is 0 Å². The molecule has 0 spiro atoms. The van der Waals surface area contributed by atoms with Gasteiger partial charge in [0.2, 0.25) is 5.91 Å². The van der Waals surface area contributed by atoms with Crippen LogP contribution in [0.2, 0.25) is 5.02 Å². The van der Waals surface area contributed by atoms with E-state index in [1.165, 1.54) is 6.07 Å². The van der Waals surface area contributed by atoms with Crippen LogP contribution in [0.4, 0.5) is 8.78 Å². The molecule has 0 aliphatic carbocycles. The fraction of sp³-hybridized carbons (Fsp3) is 0.286. The van der Waals surface area contributed by atoms with Crippen molar-refractivity contribution in [2.24, 2.45) is 7.05 Å². The number of carbonyl (C=O) groups excluding carboxylic acids is 1. The van der Waals surface area contributed by atoms with Crippen molar-refractivity contribution in [1.29, 1.82) is 0 Å². The molecule has 0 bridgehead atoms. The maximum Gasteiger partial charge on any atom is 0.226 e. The minimum atomic E-state index is -1.11. The van der Waals surface area contributed by atoms with Gasteiger partial charge in [0, 0.05) is 13.6 Å². The summed E-state index contributed by atoms with van der Waals surface area (Å²) in [6.45, 7) is 1.90. The predicted molar refractivity (Wildman–Crippen MR) is 74.9 cm³/mol. The van der Waals surface area contributed by atoms with E-state index in [9.17, 15) is 13.6 Å². The van der Waals surface area contributed by atoms with Crippen LogP contribution >= 0.6 is 11.6 Å². The third-order valence-electron chi connectivity index (χ3n) is 3.19. The topological polar surface area (TPSA) is 46.9 Å². The number of aryl methyl sites for hydroxylation is 2. The fourth-order valence-corrected chi connectivity index (χ4v) is 2.16. The number of benzene rings is 1. The smallest absolute Gasteiger partial charge is 0.226 e. The molecule has 0 saturated carbocycles. The largest absolute Gasteiger partial charge is 0.352 e. The van der Waals surface area contributed by atoms with E-state index in [2.05, 4.69) is 10.4 Å². The second-order valence-electron chi connectivity index (χ2n) is 4.69. The summed E-state index contributed by atoms with van der Waals surface area (Å²) in [6, 6.07) is 2.32. The second kappa shape index (κ2) is 6.22. The quantitative estimate of drug-likeness (QED) is 0.882. The predicted octanol–water partition coefficient (Wildman–Crippen LogP) is 2.52. The highest BCUT2D eigenvalue weighted by Crippen LogP contribution is 2.22. The standard InChI is InChI=1S/C14H14ClF2N3O/c1-8-6-19-20(2)11(8)5-12(21)18-7-9-3-4-10(16)14(17)13(9)15/h3-4,6H,5,7H2,1-2H3,(H,18,21). The molecule has 7 heteroatoms. The summed E-state index contributed by atoms with van der Waals surface area (Å²) in [4.78, 5) is 11.9. The summed E-state index contributed by atoms with van der Waals surface area (Å²) >= 11 is 5.69. The average Bonchev–Trinajstić information content (AvgIpc) is 2.76. The second-order valence-corrected chi connectivity index (χ2v) is 5.06. The maximum absolute atomic E-state index is 13.3. The van der Waals surface area contributed by atoms with Gasteiger partial charge in [0.25, 0.3) is 0 Å². The van der Waals surface area contributed by atoms with Crippen LogP contribution in [0, 0.1) is 18.6 Å². The minimum absolute atomic E-state index is 0.0335. The van der Waals surface area contributed by atoms with E-state index in [4.69, 9.17) is 11.6 Å². The van der Waals surface area contributed by atoms with E-state index >= 15 is 0 Å². The fourth-order valence-electron chi connectivity index (χ4n) is 1.94. The third kappa shape index (κ3) is 3.39. The maximum atomic E-state index is 13.3. The van der Waals surface area contributed by atoms with Crippen molar-refractivity contribution < 1.29 is 13.6 Å². The average molecular weight is 314 g/mol. The van der Waals surface area contributed by atoms with Crippen molar-refractivity contribution in [2.45, 2.75) is 19.9 Å². The normalized spacial score (nSPS) is 10.7. The minimum Gasteiger partial charge on any atom is -0.352 e. The molecule has 2 aromatic rings. The molecule has 0 aliphatic heterocycles. The highest BCUT2D eigenvalue weighted by molar-refractivity contribution is 6.31. The van der Waals surface area contributed by atoms with Crippen LogP contribution in [0.5, 0.6) is 0 Å². The van der Waals surface area contributed by atoms with Gasteiger partial charge in [-0.1, -0.05) is 17.7 Å². The third-order valence-corrected chi connectivity index (χ3v) is 3.60. The van der Waals surface area contributed by atoms with E-state index in [-0.39, 0.29) is 23.9 Å². The molecule has 0 saturated heterocycles. The van der Waals surface area contributed by atoms with Gasteiger partial charge in [-0.05, 0) is 24.1 Å². The summed E-state index contributed by atoms with van der Waals surface area (Å²) in [6.07, 6.45) is 1.83. The highest BCUT2D eigenvalue weighted by Gasteiger charge is 2.14. The Hall–Kier alpha value is -1.95. The zero-order valence-electron chi connectivity index (χ0n) is 11.6. The first-order valence-corrected chi connectivity index (χ1v) is 6.64. The van der Waals surface area contributed by atoms with E-state index in [0.29, 0.717) is 5.56 Å². The van der Waals surface area contributed by atoms with Gasteiger partial charge in [-0.25, -0.2) is 8.78 Å². The van der Waals surface area contributed by atoms with Crippen LogP contribution in [0.1, 0.15) is 16.8 Å². The molecule has 2 rings (SSSR count). The molecule has 1 amide bonds. The Kier molecular flexibility index (Phi) is 4.57. The van der Waals surface area contributed by atoms with Crippen molar-refractivity contribution in [3.05, 3.63) is 51.8 Å². The molecule has 0 atom stereocenters. The molecule has 112 valence electrons. The van der Waals surface area contributed by atoms with Crippen molar-refractivity contribution in [3.63, 3.8) is 0 Å². The highest BCUT2D eigenvalue weighted by atomic mass is 35.5. The number of rotatable bonds is 4. The molecule has 0 fully saturated rings. The monoisotopic (exact) mass is 313 g/mol. The van der Waals surface area contributed by atoms with Crippen molar-refractivity contribution in [2.75, 3.05) is 0 Å². The van der Waals surface area contributed by atoms with E-state index in [1.54, 1.807) is 17.9 Å². The number of nitrogens with one attached hydrogen (secondary N) is 1. The van der Waals surface area contributed by atoms with Gasteiger partial charge in [0.05, 0.1) is 23.3 Å². The summed E-state index contributed by atoms with van der Waals surface area (Å²) in [5, 5.41) is 6.36. The summed E-state index contributed by atoms with van der Waals surface area (Å²) < 4.78 is 27.9. The molecule has 4 nitrogen and oxygen atoms in total. The lowest BCUT2D eigenvalue weighted by Crippen LogP contribution is -2.26. The molecule has 1 heterocycles. The first-order valence-electron chi connectivity index (χ1n) is 6.26. The molecule has 0 aliphatic rings. The van der Waals surface area contributed by atoms with Crippen LogP contribution < -0.4 is 5.32 Å². The van der Waals surface area contributed by atoms with Gasteiger partial charge < -0.3 is 5.32 Å². The van der Waals surface area contributed by atoms with Gasteiger partial charge in [0.15, 0.2) is 11.6 Å². The number of hydrogen-bond acceptors (Lipinski definition) is 2. The van der Waals surface area contributed by atoms with Crippen LogP contribution in [-0.4, -0.2) is 15.7 Å². The summed E-state index contributed by atoms with van der Waals surface area (Å²) in [5.74, 6) is -2.37. The number of halogens is 3. The Morgan fingerprint density at radius 3 is 2.76 bits per heavy atom. The number of nitrogens with zero attached hydrogens (tertiary/aromatic N) is 2. The number of carbonyl (C=O) groups is 1. The lowest BCUT2D eigenvalue weighted by molar-refractivity contribution is -0.120. The number of aromatic nitrogens is 2. The Labute approximate surface area is 125 Å². The van der Waals surface area contributed by atoms with Crippen LogP contribution in [0.25, 0.3) is 0 Å². The first-order chi connectivity index (χ1) is 9.90. The van der Waals surface area contributed by atoms with Gasteiger partial charge in [-0.2, -0.15) is 5.10 Å². The molecule has 0 radical (unpaired) electrons. The SMILES string of the molecule is Cc1cnn(C)c1CC(=O)NCc1ccc(F)c(F)c1Cl. The number of hydrogen-bond donors (Lipinski definition) is 1. The molecule has 1 N–H and O–H groups in total. The van der Waals surface area contributed by atoms with Crippen LogP contribution in [0.3, 0.4) is 0 Å². The Morgan fingerprint density at radius 1 is 1.43 bits per heavy atom. The first kappa shape index (κ1) is 15.4. The van der Waals surface area contributed by atoms with Crippen molar-refractivity contribution in [3.8, 4) is 0 Å². The van der Waals surface area contributed by atoms with Crippen molar-refractivity contribution in [1.82, 2.24) is 15.1 Å². The number of amides is 1.